The molecule has 0 aromatic rings. The van der Waals surface area contributed by atoms with Crippen molar-refractivity contribution in [1.82, 2.24) is 15.1 Å². The summed E-state index contributed by atoms with van der Waals surface area (Å²) in [7, 11) is 2.04. The number of alkyl halides is 1. The molecule has 0 fully saturated rings. The van der Waals surface area contributed by atoms with Gasteiger partial charge in [-0.05, 0) is 51.3 Å². The van der Waals surface area contributed by atoms with Gasteiger partial charge in [0.1, 0.15) is 6.23 Å². The van der Waals surface area contributed by atoms with Crippen molar-refractivity contribution in [3.05, 3.63) is 72.8 Å². The second kappa shape index (κ2) is 16.9. The average Bonchev–Trinajstić information content (AvgIpc) is 2.80. The molecule has 33 heavy (non-hydrogen) atoms. The third-order valence-corrected chi connectivity index (χ3v) is 6.20. The van der Waals surface area contributed by atoms with E-state index in [1.165, 1.54) is 0 Å². The molecule has 0 aromatic carbocycles. The quantitative estimate of drug-likeness (QED) is 0.0820. The van der Waals surface area contributed by atoms with E-state index >= 15 is 0 Å². The maximum atomic E-state index is 10.7. The molecule has 0 spiro atoms. The van der Waals surface area contributed by atoms with Gasteiger partial charge in [-0.3, -0.25) is 4.90 Å². The lowest BCUT2D eigenvalue weighted by atomic mass is 10.0. The van der Waals surface area contributed by atoms with Crippen LogP contribution in [0, 0.1) is 0 Å². The van der Waals surface area contributed by atoms with Crippen LogP contribution in [0.3, 0.4) is 0 Å². The van der Waals surface area contributed by atoms with Gasteiger partial charge in [0.2, 0.25) is 0 Å². The van der Waals surface area contributed by atoms with Crippen molar-refractivity contribution in [3.8, 4) is 0 Å². The number of halogens is 1. The Bertz CT molecular complexity index is 714. The first-order valence-corrected chi connectivity index (χ1v) is 12.9. The molecule has 6 heteroatoms. The number of aliphatic hydroxyl groups is 1. The van der Waals surface area contributed by atoms with Gasteiger partial charge in [-0.2, -0.15) is 0 Å². The normalized spacial score (nSPS) is 17.0. The van der Waals surface area contributed by atoms with Crippen LogP contribution in [0.15, 0.2) is 72.8 Å². The van der Waals surface area contributed by atoms with Crippen molar-refractivity contribution in [3.63, 3.8) is 0 Å². The van der Waals surface area contributed by atoms with Crippen LogP contribution in [0.2, 0.25) is 0 Å². The first-order chi connectivity index (χ1) is 15.8. The first kappa shape index (κ1) is 29.4. The molecule has 2 unspecified atom stereocenters. The van der Waals surface area contributed by atoms with Crippen molar-refractivity contribution < 1.29 is 9.84 Å². The number of aliphatic hydroxyl groups excluding tert-OH is 1. The number of rotatable bonds is 18. The van der Waals surface area contributed by atoms with Gasteiger partial charge >= 0.3 is 0 Å². The Morgan fingerprint density at radius 1 is 1.33 bits per heavy atom. The lowest BCUT2D eigenvalue weighted by Gasteiger charge is -2.29. The highest BCUT2D eigenvalue weighted by molar-refractivity contribution is 9.09. The third-order valence-electron chi connectivity index (χ3n) is 5.57. The van der Waals surface area contributed by atoms with Crippen LogP contribution in [0.25, 0.3) is 0 Å². The minimum atomic E-state index is -0.503. The number of ether oxygens (including phenoxy) is 1. The molecule has 2 N–H and O–H groups in total. The molecule has 2 atom stereocenters. The number of nitrogens with one attached hydrogen (secondary N) is 1. The molecule has 5 nitrogen and oxygen atoms in total. The van der Waals surface area contributed by atoms with Gasteiger partial charge in [-0.1, -0.05) is 65.9 Å². The summed E-state index contributed by atoms with van der Waals surface area (Å²) in [4.78, 5) is 4.55. The summed E-state index contributed by atoms with van der Waals surface area (Å²) in [5.41, 5.74) is 4.43. The number of hydrogen-bond acceptors (Lipinski definition) is 5. The molecule has 0 aromatic heterocycles. The van der Waals surface area contributed by atoms with E-state index < -0.39 is 6.23 Å². The molecule has 1 rings (SSSR count). The van der Waals surface area contributed by atoms with Crippen molar-refractivity contribution in [2.24, 2.45) is 0 Å². The monoisotopic (exact) mass is 521 g/mol. The van der Waals surface area contributed by atoms with Gasteiger partial charge < -0.3 is 20.1 Å². The van der Waals surface area contributed by atoms with E-state index in [2.05, 4.69) is 69.9 Å². The van der Waals surface area contributed by atoms with E-state index in [1.807, 2.05) is 26.2 Å². The maximum Gasteiger partial charge on any atom is 0.111 e. The lowest BCUT2D eigenvalue weighted by Crippen LogP contribution is -2.37. The molecule has 186 valence electrons. The Kier molecular flexibility index (Phi) is 15.1. The van der Waals surface area contributed by atoms with Gasteiger partial charge in [-0.15, -0.1) is 0 Å². The minimum absolute atomic E-state index is 0.341. The summed E-state index contributed by atoms with van der Waals surface area (Å²) in [5, 5.41) is 14.3. The largest absolute Gasteiger partial charge is 0.384 e. The molecule has 0 amide bonds. The van der Waals surface area contributed by atoms with Crippen LogP contribution >= 0.6 is 15.9 Å². The first-order valence-electron chi connectivity index (χ1n) is 12.0. The molecule has 0 radical (unpaired) electrons. The van der Waals surface area contributed by atoms with Gasteiger partial charge in [-0.25, -0.2) is 0 Å². The van der Waals surface area contributed by atoms with E-state index in [0.717, 1.165) is 67.9 Å². The highest BCUT2D eigenvalue weighted by atomic mass is 79.9. The zero-order valence-corrected chi connectivity index (χ0v) is 22.4. The predicted molar refractivity (Wildman–Crippen MR) is 145 cm³/mol. The molecular weight excluding hydrogens is 478 g/mol. The fourth-order valence-corrected chi connectivity index (χ4v) is 4.03. The van der Waals surface area contributed by atoms with E-state index in [9.17, 15) is 5.11 Å². The Morgan fingerprint density at radius 2 is 2.06 bits per heavy atom. The van der Waals surface area contributed by atoms with Crippen LogP contribution in [-0.4, -0.2) is 65.9 Å². The lowest BCUT2D eigenvalue weighted by molar-refractivity contribution is 0.00694. The Morgan fingerprint density at radius 3 is 2.73 bits per heavy atom. The van der Waals surface area contributed by atoms with E-state index in [1.54, 1.807) is 6.08 Å². The molecule has 1 aliphatic carbocycles. The second-order valence-electron chi connectivity index (χ2n) is 8.34. The van der Waals surface area contributed by atoms with Crippen molar-refractivity contribution in [2.75, 3.05) is 39.9 Å². The Hall–Kier alpha value is -1.60. The summed E-state index contributed by atoms with van der Waals surface area (Å²) >= 11 is 3.70. The number of likely N-dealkylation sites (N-methyl/N-ethyl adjacent to an activating group) is 1. The second-order valence-corrected chi connectivity index (χ2v) is 9.52. The van der Waals surface area contributed by atoms with Crippen molar-refractivity contribution in [1.29, 1.82) is 0 Å². The fourth-order valence-electron chi connectivity index (χ4n) is 3.59. The molecule has 0 saturated carbocycles. The van der Waals surface area contributed by atoms with E-state index in [-0.39, 0.29) is 0 Å². The third kappa shape index (κ3) is 11.9. The van der Waals surface area contributed by atoms with Crippen LogP contribution in [0.5, 0.6) is 0 Å². The summed E-state index contributed by atoms with van der Waals surface area (Å²) < 4.78 is 5.39. The zero-order chi connectivity index (χ0) is 24.6. The van der Waals surface area contributed by atoms with Crippen molar-refractivity contribution in [2.45, 2.75) is 57.0 Å². The highest BCUT2D eigenvalue weighted by Gasteiger charge is 2.17. The van der Waals surface area contributed by atoms with Crippen LogP contribution < -0.4 is 5.32 Å². The maximum absolute atomic E-state index is 10.7. The number of hydrogen-bond donors (Lipinski definition) is 2. The van der Waals surface area contributed by atoms with Crippen molar-refractivity contribution >= 4 is 15.9 Å². The topological polar surface area (TPSA) is 48.0 Å². The Labute approximate surface area is 210 Å². The fraction of sp³-hybridized carbons (Fsp3) is 0.556. The molecular formula is C27H44BrN3O2. The smallest absolute Gasteiger partial charge is 0.111 e. The summed E-state index contributed by atoms with van der Waals surface area (Å²) in [6.07, 6.45) is 13.9. The van der Waals surface area contributed by atoms with E-state index in [4.69, 9.17) is 4.74 Å². The van der Waals surface area contributed by atoms with Crippen LogP contribution in [-0.2, 0) is 4.74 Å². The average molecular weight is 523 g/mol. The molecule has 0 heterocycles. The SMILES string of the molecule is C=C/C=C\N(C)C1=CC(Br)CC=C1NCCCN(CC)C(O)CC(=C)CCC(=C)COCC. The summed E-state index contributed by atoms with van der Waals surface area (Å²) in [5.74, 6) is 0. The van der Waals surface area contributed by atoms with Gasteiger partial charge in [0, 0.05) is 44.2 Å². The minimum Gasteiger partial charge on any atom is -0.384 e. The number of allylic oxidation sites excluding steroid dienone is 4. The number of nitrogens with zero attached hydrogens (tertiary/aromatic N) is 2. The zero-order valence-electron chi connectivity index (χ0n) is 20.9. The molecule has 0 aliphatic heterocycles. The van der Waals surface area contributed by atoms with Crippen LogP contribution in [0.4, 0.5) is 0 Å². The van der Waals surface area contributed by atoms with Gasteiger partial charge in [0.25, 0.3) is 0 Å². The predicted octanol–water partition coefficient (Wildman–Crippen LogP) is 5.49. The molecule has 0 saturated heterocycles. The van der Waals surface area contributed by atoms with Crippen LogP contribution in [0.1, 0.15) is 46.0 Å². The summed E-state index contributed by atoms with van der Waals surface area (Å²) in [6.45, 7) is 19.8. The van der Waals surface area contributed by atoms with E-state index in [0.29, 0.717) is 24.5 Å². The van der Waals surface area contributed by atoms with Gasteiger partial charge in [0.05, 0.1) is 18.0 Å². The molecule has 0 bridgehead atoms. The van der Waals surface area contributed by atoms with Gasteiger partial charge in [0.15, 0.2) is 0 Å². The molecule has 1 aliphatic rings. The summed E-state index contributed by atoms with van der Waals surface area (Å²) in [6, 6.07) is 0. The standard InChI is InChI=1S/C27H44BrN3O2/c1-7-10-17-30(6)26-20-24(28)14-15-25(26)29-16-11-18-31(8-2)27(32)19-22(4)12-13-23(5)21-33-9-3/h7,10,15,17,20,24,27,29,32H,1,4-5,8-9,11-14,16,18-19,21H2,2-3,6H3/b17-10-. The highest BCUT2D eigenvalue weighted by Crippen LogP contribution is 2.24. The Balaban J connectivity index is 2.44.